The zero-order valence-electron chi connectivity index (χ0n) is 13.6. The van der Waals surface area contributed by atoms with Gasteiger partial charge in [-0.1, -0.05) is 31.6 Å². The lowest BCUT2D eigenvalue weighted by Crippen LogP contribution is -2.09. The van der Waals surface area contributed by atoms with Crippen LogP contribution in [0.1, 0.15) is 42.9 Å². The van der Waals surface area contributed by atoms with Gasteiger partial charge >= 0.3 is 0 Å². The Bertz CT molecular complexity index is 764. The molecule has 0 unspecified atom stereocenters. The Kier molecular flexibility index (Phi) is 4.84. The summed E-state index contributed by atoms with van der Waals surface area (Å²) in [7, 11) is 0. The van der Waals surface area contributed by atoms with Crippen LogP contribution in [-0.2, 0) is 6.42 Å². The number of aromatic hydroxyl groups is 1. The molecule has 1 aliphatic carbocycles. The highest BCUT2D eigenvalue weighted by Gasteiger charge is 2.24. The van der Waals surface area contributed by atoms with Crippen molar-refractivity contribution in [3.05, 3.63) is 64.7 Å². The first kappa shape index (κ1) is 16.5. The predicted molar refractivity (Wildman–Crippen MR) is 90.3 cm³/mol. The molecule has 24 heavy (non-hydrogen) atoms. The average Bonchev–Trinajstić information content (AvgIpc) is 2.58. The first-order valence-electron chi connectivity index (χ1n) is 8.25. The van der Waals surface area contributed by atoms with E-state index in [9.17, 15) is 13.9 Å². The minimum atomic E-state index is -0.672. The largest absolute Gasteiger partial charge is 0.508 e. The van der Waals surface area contributed by atoms with Gasteiger partial charge in [0.15, 0.2) is 17.4 Å². The molecule has 1 aliphatic rings. The summed E-state index contributed by atoms with van der Waals surface area (Å²) in [6, 6.07) is 7.99. The second-order valence-electron chi connectivity index (χ2n) is 5.93. The minimum Gasteiger partial charge on any atom is -0.508 e. The zero-order valence-corrected chi connectivity index (χ0v) is 13.6. The third kappa shape index (κ3) is 3.14. The number of phenolic OH excluding ortho intramolecular Hbond substituents is 1. The van der Waals surface area contributed by atoms with Crippen LogP contribution in [0.15, 0.2) is 36.4 Å². The Morgan fingerprint density at radius 3 is 2.62 bits per heavy atom. The van der Waals surface area contributed by atoms with Crippen molar-refractivity contribution in [2.75, 3.05) is 6.61 Å². The molecule has 0 aliphatic heterocycles. The lowest BCUT2D eigenvalue weighted by Gasteiger charge is -2.21. The van der Waals surface area contributed by atoms with Gasteiger partial charge in [-0.25, -0.2) is 8.78 Å². The quantitative estimate of drug-likeness (QED) is 0.761. The van der Waals surface area contributed by atoms with Crippen molar-refractivity contribution in [2.45, 2.75) is 32.6 Å². The van der Waals surface area contributed by atoms with Gasteiger partial charge in [0.1, 0.15) is 5.75 Å². The van der Waals surface area contributed by atoms with Crippen molar-refractivity contribution in [3.8, 4) is 11.5 Å². The van der Waals surface area contributed by atoms with Gasteiger partial charge in [-0.2, -0.15) is 0 Å². The second-order valence-corrected chi connectivity index (χ2v) is 5.93. The first-order chi connectivity index (χ1) is 11.6. The fourth-order valence-corrected chi connectivity index (χ4v) is 2.96. The van der Waals surface area contributed by atoms with Gasteiger partial charge in [-0.3, -0.25) is 0 Å². The summed E-state index contributed by atoms with van der Waals surface area (Å²) in [5.74, 6) is -1.37. The maximum atomic E-state index is 14.8. The van der Waals surface area contributed by atoms with E-state index in [1.807, 2.05) is 13.0 Å². The van der Waals surface area contributed by atoms with Gasteiger partial charge in [0, 0.05) is 5.56 Å². The Morgan fingerprint density at radius 2 is 1.92 bits per heavy atom. The topological polar surface area (TPSA) is 29.5 Å². The van der Waals surface area contributed by atoms with Gasteiger partial charge in [-0.05, 0) is 54.2 Å². The summed E-state index contributed by atoms with van der Waals surface area (Å²) in [6.45, 7) is 2.31. The van der Waals surface area contributed by atoms with Crippen molar-refractivity contribution < 1.29 is 18.6 Å². The van der Waals surface area contributed by atoms with E-state index in [-0.39, 0.29) is 11.5 Å². The van der Waals surface area contributed by atoms with Crippen molar-refractivity contribution in [2.24, 2.45) is 0 Å². The van der Waals surface area contributed by atoms with Gasteiger partial charge in [0.2, 0.25) is 0 Å². The number of phenols is 1. The Balaban J connectivity index is 2.00. The van der Waals surface area contributed by atoms with E-state index in [2.05, 4.69) is 0 Å². The number of hydrogen-bond acceptors (Lipinski definition) is 2. The van der Waals surface area contributed by atoms with Gasteiger partial charge < -0.3 is 9.84 Å². The number of ether oxygens (including phenoxy) is 1. The fourth-order valence-electron chi connectivity index (χ4n) is 2.96. The van der Waals surface area contributed by atoms with Crippen molar-refractivity contribution in [3.63, 3.8) is 0 Å². The highest BCUT2D eigenvalue weighted by Crippen LogP contribution is 2.38. The summed E-state index contributed by atoms with van der Waals surface area (Å²) in [4.78, 5) is 0. The number of benzene rings is 2. The monoisotopic (exact) mass is 330 g/mol. The van der Waals surface area contributed by atoms with Crippen LogP contribution in [0.4, 0.5) is 8.78 Å². The molecule has 0 saturated carbocycles. The Labute approximate surface area is 140 Å². The fraction of sp³-hybridized carbons (Fsp3) is 0.300. The number of fused-ring (bicyclic) bond motifs is 1. The number of rotatable bonds is 5. The summed E-state index contributed by atoms with van der Waals surface area (Å²) in [6.07, 6.45) is 4.84. The molecule has 0 aromatic heterocycles. The summed E-state index contributed by atoms with van der Waals surface area (Å²) in [5, 5.41) is 9.42. The van der Waals surface area contributed by atoms with Gasteiger partial charge in [-0.15, -0.1) is 0 Å². The van der Waals surface area contributed by atoms with Crippen molar-refractivity contribution >= 4 is 5.57 Å². The second kappa shape index (κ2) is 7.04. The van der Waals surface area contributed by atoms with Crippen LogP contribution in [0.2, 0.25) is 0 Å². The lowest BCUT2D eigenvalue weighted by atomic mass is 9.86. The molecule has 0 fully saturated rings. The molecule has 0 spiro atoms. The molecule has 0 saturated heterocycles. The smallest absolute Gasteiger partial charge is 0.191 e. The van der Waals surface area contributed by atoms with Crippen molar-refractivity contribution in [1.29, 1.82) is 0 Å². The van der Waals surface area contributed by atoms with Crippen LogP contribution in [0.5, 0.6) is 11.5 Å². The van der Waals surface area contributed by atoms with E-state index in [1.165, 1.54) is 6.07 Å². The highest BCUT2D eigenvalue weighted by molar-refractivity contribution is 5.83. The summed E-state index contributed by atoms with van der Waals surface area (Å²) >= 11 is 0. The molecular formula is C20H20F2O2. The van der Waals surface area contributed by atoms with Gasteiger partial charge in [0.25, 0.3) is 0 Å². The van der Waals surface area contributed by atoms with Crippen LogP contribution in [-0.4, -0.2) is 11.7 Å². The molecule has 0 bridgehead atoms. The SMILES string of the molecule is CCCCOc1c(F)cc2c(c1F)CCC=C2c1ccc(O)cc1. The van der Waals surface area contributed by atoms with Gasteiger partial charge in [0.05, 0.1) is 6.61 Å². The predicted octanol–water partition coefficient (Wildman–Crippen LogP) is 5.23. The lowest BCUT2D eigenvalue weighted by molar-refractivity contribution is 0.277. The third-order valence-electron chi connectivity index (χ3n) is 4.23. The van der Waals surface area contributed by atoms with Crippen LogP contribution in [0.3, 0.4) is 0 Å². The van der Waals surface area contributed by atoms with Crippen LogP contribution >= 0.6 is 0 Å². The molecule has 0 radical (unpaired) electrons. The molecule has 0 amide bonds. The highest BCUT2D eigenvalue weighted by atomic mass is 19.1. The van der Waals surface area contributed by atoms with E-state index in [0.29, 0.717) is 30.6 Å². The van der Waals surface area contributed by atoms with E-state index < -0.39 is 11.6 Å². The van der Waals surface area contributed by atoms with E-state index >= 15 is 0 Å². The summed E-state index contributed by atoms with van der Waals surface area (Å²) in [5.41, 5.74) is 2.67. The normalized spacial score (nSPS) is 13.4. The van der Waals surface area contributed by atoms with Crippen LogP contribution in [0.25, 0.3) is 5.57 Å². The molecule has 0 heterocycles. The Morgan fingerprint density at radius 1 is 1.17 bits per heavy atom. The molecule has 2 nitrogen and oxygen atoms in total. The number of unbranched alkanes of at least 4 members (excludes halogenated alkanes) is 1. The number of allylic oxidation sites excluding steroid dienone is 1. The molecule has 4 heteroatoms. The van der Waals surface area contributed by atoms with Crippen molar-refractivity contribution in [1.82, 2.24) is 0 Å². The molecule has 2 aromatic rings. The third-order valence-corrected chi connectivity index (χ3v) is 4.23. The minimum absolute atomic E-state index is 0.160. The maximum Gasteiger partial charge on any atom is 0.191 e. The molecule has 1 N–H and O–H groups in total. The zero-order chi connectivity index (χ0) is 17.1. The molecular weight excluding hydrogens is 310 g/mol. The molecule has 2 aromatic carbocycles. The number of hydrogen-bond donors (Lipinski definition) is 1. The first-order valence-corrected chi connectivity index (χ1v) is 8.25. The Hall–Kier alpha value is -2.36. The average molecular weight is 330 g/mol. The van der Waals surface area contributed by atoms with Crippen LogP contribution < -0.4 is 4.74 Å². The van der Waals surface area contributed by atoms with E-state index in [4.69, 9.17) is 4.74 Å². The molecule has 126 valence electrons. The van der Waals surface area contributed by atoms with Crippen LogP contribution in [0, 0.1) is 11.6 Å². The standard InChI is InChI=1S/C20H20F2O2/c1-2-3-11-24-20-18(21)12-17-15(5-4-6-16(17)19(20)22)13-7-9-14(23)10-8-13/h5,7-10,12,23H,2-4,6,11H2,1H3. The molecule has 3 rings (SSSR count). The van der Waals surface area contributed by atoms with E-state index in [0.717, 1.165) is 24.0 Å². The number of halogens is 2. The molecule has 0 atom stereocenters. The van der Waals surface area contributed by atoms with E-state index in [1.54, 1.807) is 24.3 Å². The summed E-state index contributed by atoms with van der Waals surface area (Å²) < 4.78 is 34.5. The maximum absolute atomic E-state index is 14.8.